The molecule has 0 saturated carbocycles. The van der Waals surface area contributed by atoms with E-state index in [4.69, 9.17) is 9.47 Å². The second-order valence-electron chi connectivity index (χ2n) is 8.13. The molecule has 3 heterocycles. The Balaban J connectivity index is 1.35. The number of ether oxygens (including phenoxy) is 2. The molecule has 9 heteroatoms. The van der Waals surface area contributed by atoms with Crippen LogP contribution in [0.15, 0.2) is 24.3 Å². The number of carbonyl (C=O) groups excluding carboxylic acids is 2. The van der Waals surface area contributed by atoms with Crippen molar-refractivity contribution in [3.05, 3.63) is 46.8 Å². The van der Waals surface area contributed by atoms with Crippen molar-refractivity contribution in [3.8, 4) is 0 Å². The van der Waals surface area contributed by atoms with Gasteiger partial charge in [-0.25, -0.2) is 4.68 Å². The zero-order valence-corrected chi connectivity index (χ0v) is 18.0. The first kappa shape index (κ1) is 21.5. The monoisotopic (exact) mass is 427 g/mol. The number of nitrogens with one attached hydrogen (secondary N) is 1. The van der Waals surface area contributed by atoms with Crippen molar-refractivity contribution in [3.63, 3.8) is 0 Å². The Hall–Kier alpha value is -2.78. The summed E-state index contributed by atoms with van der Waals surface area (Å²) in [5, 5.41) is 11.3. The third-order valence-corrected chi connectivity index (χ3v) is 6.01. The van der Waals surface area contributed by atoms with Crippen LogP contribution < -0.4 is 5.32 Å². The van der Waals surface area contributed by atoms with Crippen LogP contribution in [0, 0.1) is 12.8 Å². The summed E-state index contributed by atoms with van der Waals surface area (Å²) in [4.78, 5) is 27.0. The molecule has 0 unspecified atom stereocenters. The molecule has 0 radical (unpaired) electrons. The molecule has 31 heavy (non-hydrogen) atoms. The van der Waals surface area contributed by atoms with E-state index in [0.29, 0.717) is 63.6 Å². The largest absolute Gasteiger partial charge is 0.383 e. The highest BCUT2D eigenvalue weighted by molar-refractivity contribution is 5.93. The van der Waals surface area contributed by atoms with Gasteiger partial charge in [0.15, 0.2) is 5.69 Å². The number of methoxy groups -OCH3 is 1. The Labute approximate surface area is 181 Å². The molecule has 2 aromatic rings. The van der Waals surface area contributed by atoms with E-state index in [1.54, 1.807) is 16.7 Å². The van der Waals surface area contributed by atoms with Crippen LogP contribution in [0.1, 0.15) is 46.3 Å². The number of carbonyl (C=O) groups is 2. The summed E-state index contributed by atoms with van der Waals surface area (Å²) < 4.78 is 12.8. The minimum absolute atomic E-state index is 0.0285. The SMILES string of the molecule is COCCNC(=O)C1CCN(C(=O)c2nnn3c2CO[C@H](c2ccc(C)cc2)C3)CC1. The van der Waals surface area contributed by atoms with Crippen LogP contribution >= 0.6 is 0 Å². The molecule has 1 atom stereocenters. The van der Waals surface area contributed by atoms with Crippen LogP contribution in [0.25, 0.3) is 0 Å². The van der Waals surface area contributed by atoms with E-state index in [9.17, 15) is 9.59 Å². The minimum atomic E-state index is -0.142. The zero-order valence-electron chi connectivity index (χ0n) is 18.0. The fourth-order valence-electron chi connectivity index (χ4n) is 4.08. The predicted molar refractivity (Wildman–Crippen MR) is 112 cm³/mol. The van der Waals surface area contributed by atoms with E-state index in [0.717, 1.165) is 5.56 Å². The Morgan fingerprint density at radius 2 is 1.97 bits per heavy atom. The number of likely N-dealkylation sites (tertiary alicyclic amines) is 1. The van der Waals surface area contributed by atoms with Crippen molar-refractivity contribution in [2.24, 2.45) is 5.92 Å². The van der Waals surface area contributed by atoms with E-state index in [-0.39, 0.29) is 23.8 Å². The molecule has 4 rings (SSSR count). The van der Waals surface area contributed by atoms with Gasteiger partial charge in [0.25, 0.3) is 5.91 Å². The average molecular weight is 428 g/mol. The lowest BCUT2D eigenvalue weighted by molar-refractivity contribution is -0.126. The van der Waals surface area contributed by atoms with Gasteiger partial charge in [-0.05, 0) is 25.3 Å². The number of aromatic nitrogens is 3. The highest BCUT2D eigenvalue weighted by Gasteiger charge is 2.33. The molecule has 0 spiro atoms. The number of rotatable bonds is 6. The molecule has 9 nitrogen and oxygen atoms in total. The smallest absolute Gasteiger partial charge is 0.276 e. The molecule has 0 bridgehead atoms. The van der Waals surface area contributed by atoms with E-state index in [1.165, 1.54) is 5.56 Å². The van der Waals surface area contributed by atoms with Crippen molar-refractivity contribution in [1.29, 1.82) is 0 Å². The summed E-state index contributed by atoms with van der Waals surface area (Å²) in [6, 6.07) is 8.24. The van der Waals surface area contributed by atoms with Crippen LogP contribution in [0.2, 0.25) is 0 Å². The molecule has 0 aliphatic carbocycles. The molecule has 1 aromatic carbocycles. The van der Waals surface area contributed by atoms with Crippen molar-refractivity contribution in [2.45, 2.75) is 39.0 Å². The summed E-state index contributed by atoms with van der Waals surface area (Å²) in [6.07, 6.45) is 1.17. The van der Waals surface area contributed by atoms with E-state index in [1.807, 2.05) is 0 Å². The normalized spacial score (nSPS) is 19.2. The molecule has 1 fully saturated rings. The average Bonchev–Trinajstić information content (AvgIpc) is 3.22. The molecular formula is C22H29N5O4. The number of piperidine rings is 1. The zero-order chi connectivity index (χ0) is 21.8. The van der Waals surface area contributed by atoms with Crippen molar-refractivity contribution in [2.75, 3.05) is 33.4 Å². The third kappa shape index (κ3) is 4.77. The lowest BCUT2D eigenvalue weighted by Gasteiger charge is -2.31. The van der Waals surface area contributed by atoms with Crippen molar-refractivity contribution < 1.29 is 19.1 Å². The fraction of sp³-hybridized carbons (Fsp3) is 0.545. The highest BCUT2D eigenvalue weighted by atomic mass is 16.5. The van der Waals surface area contributed by atoms with Gasteiger partial charge in [0.05, 0.1) is 25.5 Å². The Kier molecular flexibility index (Phi) is 6.62. The first-order valence-electron chi connectivity index (χ1n) is 10.7. The first-order valence-corrected chi connectivity index (χ1v) is 10.7. The Morgan fingerprint density at radius 3 is 2.68 bits per heavy atom. The molecule has 2 amide bonds. The maximum absolute atomic E-state index is 13.0. The van der Waals surface area contributed by atoms with Crippen LogP contribution in [0.5, 0.6) is 0 Å². The van der Waals surface area contributed by atoms with E-state index in [2.05, 4.69) is 46.8 Å². The van der Waals surface area contributed by atoms with E-state index >= 15 is 0 Å². The number of amides is 2. The number of hydrogen-bond donors (Lipinski definition) is 1. The quantitative estimate of drug-likeness (QED) is 0.701. The predicted octanol–water partition coefficient (Wildman–Crippen LogP) is 1.47. The number of benzene rings is 1. The lowest BCUT2D eigenvalue weighted by Crippen LogP contribution is -2.44. The van der Waals surface area contributed by atoms with Crippen LogP contribution in [0.3, 0.4) is 0 Å². The summed E-state index contributed by atoms with van der Waals surface area (Å²) in [6.45, 7) is 4.93. The summed E-state index contributed by atoms with van der Waals surface area (Å²) >= 11 is 0. The van der Waals surface area contributed by atoms with Gasteiger partial charge in [0.1, 0.15) is 6.10 Å². The molecule has 1 N–H and O–H groups in total. The molecule has 2 aliphatic heterocycles. The second-order valence-corrected chi connectivity index (χ2v) is 8.13. The van der Waals surface area contributed by atoms with Gasteiger partial charge in [-0.2, -0.15) is 0 Å². The molecule has 1 saturated heterocycles. The van der Waals surface area contributed by atoms with Crippen molar-refractivity contribution in [1.82, 2.24) is 25.2 Å². The van der Waals surface area contributed by atoms with Gasteiger partial charge in [-0.1, -0.05) is 35.0 Å². The van der Waals surface area contributed by atoms with Gasteiger partial charge in [-0.3, -0.25) is 9.59 Å². The number of hydrogen-bond acceptors (Lipinski definition) is 6. The maximum atomic E-state index is 13.0. The van der Waals surface area contributed by atoms with Crippen LogP contribution in [-0.2, 0) is 27.4 Å². The minimum Gasteiger partial charge on any atom is -0.383 e. The maximum Gasteiger partial charge on any atom is 0.276 e. The first-order chi connectivity index (χ1) is 15.1. The van der Waals surface area contributed by atoms with Crippen LogP contribution in [-0.4, -0.2) is 65.1 Å². The van der Waals surface area contributed by atoms with Crippen LogP contribution in [0.4, 0.5) is 0 Å². The molecule has 1 aromatic heterocycles. The lowest BCUT2D eigenvalue weighted by atomic mass is 9.95. The molecule has 2 aliphatic rings. The molecular weight excluding hydrogens is 398 g/mol. The Bertz CT molecular complexity index is 918. The summed E-state index contributed by atoms with van der Waals surface area (Å²) in [5.41, 5.74) is 3.36. The van der Waals surface area contributed by atoms with Crippen molar-refractivity contribution >= 4 is 11.8 Å². The third-order valence-electron chi connectivity index (χ3n) is 6.01. The highest BCUT2D eigenvalue weighted by Crippen LogP contribution is 2.28. The summed E-state index contributed by atoms with van der Waals surface area (Å²) in [5.74, 6) is -0.189. The van der Waals surface area contributed by atoms with Gasteiger partial charge < -0.3 is 19.7 Å². The number of aryl methyl sites for hydroxylation is 1. The number of nitrogens with zero attached hydrogens (tertiary/aromatic N) is 4. The van der Waals surface area contributed by atoms with Gasteiger partial charge in [-0.15, -0.1) is 5.10 Å². The van der Waals surface area contributed by atoms with Gasteiger partial charge in [0.2, 0.25) is 5.91 Å². The van der Waals surface area contributed by atoms with E-state index < -0.39 is 0 Å². The standard InChI is InChI=1S/C22H29N5O4/c1-15-3-5-16(6-4-15)19-13-27-18(14-31-19)20(24-25-27)22(29)26-10-7-17(8-11-26)21(28)23-9-12-30-2/h3-6,17,19H,7-14H2,1-2H3,(H,23,28)/t19-/m0/s1. The van der Waals surface area contributed by atoms with Gasteiger partial charge >= 0.3 is 0 Å². The summed E-state index contributed by atoms with van der Waals surface area (Å²) in [7, 11) is 1.60. The fourth-order valence-corrected chi connectivity index (χ4v) is 4.08. The topological polar surface area (TPSA) is 98.6 Å². The van der Waals surface area contributed by atoms with Gasteiger partial charge in [0, 0.05) is 32.7 Å². The second kappa shape index (κ2) is 9.57. The number of fused-ring (bicyclic) bond motifs is 1. The Morgan fingerprint density at radius 1 is 1.23 bits per heavy atom. The molecule has 166 valence electrons.